The minimum absolute atomic E-state index is 0.227. The number of piperidine rings is 1. The van der Waals surface area contributed by atoms with E-state index in [-0.39, 0.29) is 12.7 Å². The van der Waals surface area contributed by atoms with Crippen molar-refractivity contribution < 1.29 is 14.6 Å². The molecule has 0 amide bonds. The van der Waals surface area contributed by atoms with Crippen molar-refractivity contribution >= 4 is 16.7 Å². The third-order valence-electron chi connectivity index (χ3n) is 7.67. The maximum Gasteiger partial charge on any atom is 0.320 e. The highest BCUT2D eigenvalue weighted by molar-refractivity contribution is 5.82. The Kier molecular flexibility index (Phi) is 5.63. The van der Waals surface area contributed by atoms with Crippen molar-refractivity contribution in [2.45, 2.75) is 44.2 Å². The molecule has 5 heterocycles. The van der Waals surface area contributed by atoms with Crippen LogP contribution >= 0.6 is 0 Å². The van der Waals surface area contributed by atoms with Crippen LogP contribution in [0.3, 0.4) is 0 Å². The highest BCUT2D eigenvalue weighted by atomic mass is 16.5. The highest BCUT2D eigenvalue weighted by Gasteiger charge is 2.40. The summed E-state index contributed by atoms with van der Waals surface area (Å²) in [5.74, 6) is 2.09. The van der Waals surface area contributed by atoms with E-state index in [1.54, 1.807) is 7.11 Å². The molecule has 0 aliphatic carbocycles. The number of hydrogen-bond acceptors (Lipinski definition) is 8. The number of methoxy groups -OCH3 is 1. The van der Waals surface area contributed by atoms with Gasteiger partial charge in [0.2, 0.25) is 0 Å². The summed E-state index contributed by atoms with van der Waals surface area (Å²) >= 11 is 0. The number of β-amino-alcohol motifs (C(OH)–C–C–N with tert-alkyl or cyclic N) is 1. The quantitative estimate of drug-likeness (QED) is 0.595. The molecule has 2 atom stereocenters. The maximum absolute atomic E-state index is 9.26. The first kappa shape index (κ1) is 21.8. The van der Waals surface area contributed by atoms with Gasteiger partial charge in [0.25, 0.3) is 0 Å². The molecule has 0 radical (unpaired) electrons. The highest BCUT2D eigenvalue weighted by Crippen LogP contribution is 2.35. The first-order valence-electron chi connectivity index (χ1n) is 12.3. The molecule has 9 nitrogen and oxygen atoms in total. The van der Waals surface area contributed by atoms with Crippen LogP contribution in [0, 0.1) is 6.92 Å². The molecular formula is C25H32N6O3. The fourth-order valence-corrected chi connectivity index (χ4v) is 5.86. The molecule has 0 unspecified atom stereocenters. The van der Waals surface area contributed by atoms with Gasteiger partial charge in [-0.2, -0.15) is 15.1 Å². The predicted molar refractivity (Wildman–Crippen MR) is 129 cm³/mol. The van der Waals surface area contributed by atoms with Crippen LogP contribution in [0.15, 0.2) is 24.4 Å². The van der Waals surface area contributed by atoms with Crippen LogP contribution in [0.25, 0.3) is 16.7 Å². The number of aliphatic hydroxyl groups is 1. The number of aliphatic hydroxyl groups excluding tert-OH is 1. The summed E-state index contributed by atoms with van der Waals surface area (Å²) in [4.78, 5) is 14.0. The van der Waals surface area contributed by atoms with E-state index in [1.807, 2.05) is 16.9 Å². The monoisotopic (exact) mass is 464 g/mol. The van der Waals surface area contributed by atoms with Crippen LogP contribution in [0.2, 0.25) is 0 Å². The van der Waals surface area contributed by atoms with Gasteiger partial charge in [-0.25, -0.2) is 4.68 Å². The van der Waals surface area contributed by atoms with E-state index in [4.69, 9.17) is 14.6 Å². The number of morpholine rings is 1. The number of nitrogens with zero attached hydrogens (tertiary/aromatic N) is 6. The lowest BCUT2D eigenvalue weighted by atomic mass is 9.86. The number of hydrogen-bond donors (Lipinski definition) is 1. The third kappa shape index (κ3) is 3.81. The van der Waals surface area contributed by atoms with Crippen molar-refractivity contribution in [2.75, 3.05) is 51.4 Å². The zero-order valence-corrected chi connectivity index (χ0v) is 19.9. The van der Waals surface area contributed by atoms with Crippen molar-refractivity contribution in [3.63, 3.8) is 0 Å². The van der Waals surface area contributed by atoms with E-state index in [1.165, 1.54) is 11.1 Å². The Bertz CT molecular complexity index is 1190. The molecule has 0 saturated carbocycles. The number of likely N-dealkylation sites (tertiary alicyclic amines) is 1. The second-order valence-electron chi connectivity index (χ2n) is 9.73. The SMILES string of the molecule is COc1nc(N2C[C@@H]3C[C@H]2CO3)cc(-n2ncc3cc(C)c(C4CCN(CCO)CC4)cc32)n1. The molecule has 3 aliphatic rings. The number of fused-ring (bicyclic) bond motifs is 3. The first-order valence-corrected chi connectivity index (χ1v) is 12.3. The average molecular weight is 465 g/mol. The van der Waals surface area contributed by atoms with Crippen molar-refractivity contribution in [3.05, 3.63) is 35.5 Å². The lowest BCUT2D eigenvalue weighted by Crippen LogP contribution is -2.37. The zero-order valence-electron chi connectivity index (χ0n) is 19.9. The lowest BCUT2D eigenvalue weighted by Gasteiger charge is -2.32. The van der Waals surface area contributed by atoms with E-state index >= 15 is 0 Å². The second kappa shape index (κ2) is 8.79. The number of ether oxygens (including phenoxy) is 2. The van der Waals surface area contributed by atoms with Gasteiger partial charge in [0.15, 0.2) is 5.82 Å². The topological polar surface area (TPSA) is 88.8 Å². The summed E-state index contributed by atoms with van der Waals surface area (Å²) in [6.07, 6.45) is 5.45. The zero-order chi connectivity index (χ0) is 23.2. The molecule has 2 aromatic heterocycles. The fourth-order valence-electron chi connectivity index (χ4n) is 5.86. The Hall–Kier alpha value is -2.75. The molecular weight excluding hydrogens is 432 g/mol. The molecule has 0 spiro atoms. The fraction of sp³-hybridized carbons (Fsp3) is 0.560. The van der Waals surface area contributed by atoms with Gasteiger partial charge in [0.1, 0.15) is 5.82 Å². The molecule has 3 saturated heterocycles. The van der Waals surface area contributed by atoms with E-state index < -0.39 is 0 Å². The summed E-state index contributed by atoms with van der Waals surface area (Å²) < 4.78 is 13.2. The summed E-state index contributed by atoms with van der Waals surface area (Å²) in [5, 5.41) is 15.1. The number of aromatic nitrogens is 4. The molecule has 3 aromatic rings. The molecule has 9 heteroatoms. The molecule has 6 rings (SSSR count). The van der Waals surface area contributed by atoms with Crippen LogP contribution in [0.5, 0.6) is 6.01 Å². The first-order chi connectivity index (χ1) is 16.6. The molecule has 3 aliphatic heterocycles. The summed E-state index contributed by atoms with van der Waals surface area (Å²) in [6.45, 7) is 6.83. The average Bonchev–Trinajstić information content (AvgIpc) is 3.60. The predicted octanol–water partition coefficient (Wildman–Crippen LogP) is 2.28. The van der Waals surface area contributed by atoms with Gasteiger partial charge >= 0.3 is 6.01 Å². The number of aryl methyl sites for hydroxylation is 1. The Morgan fingerprint density at radius 3 is 2.68 bits per heavy atom. The summed E-state index contributed by atoms with van der Waals surface area (Å²) in [6, 6.07) is 7.26. The maximum atomic E-state index is 9.26. The van der Waals surface area contributed by atoms with Crippen LogP contribution in [0.1, 0.15) is 36.3 Å². The smallest absolute Gasteiger partial charge is 0.320 e. The van der Waals surface area contributed by atoms with Crippen LogP contribution in [-0.2, 0) is 4.74 Å². The van der Waals surface area contributed by atoms with Gasteiger partial charge < -0.3 is 24.4 Å². The van der Waals surface area contributed by atoms with Crippen molar-refractivity contribution in [3.8, 4) is 11.8 Å². The van der Waals surface area contributed by atoms with Gasteiger partial charge in [-0.1, -0.05) is 0 Å². The van der Waals surface area contributed by atoms with Crippen LogP contribution in [0.4, 0.5) is 5.82 Å². The van der Waals surface area contributed by atoms with Crippen LogP contribution in [-0.4, -0.2) is 88.4 Å². The second-order valence-corrected chi connectivity index (χ2v) is 9.73. The molecule has 3 fully saturated rings. The lowest BCUT2D eigenvalue weighted by molar-refractivity contribution is 0.0988. The van der Waals surface area contributed by atoms with Crippen molar-refractivity contribution in [2.24, 2.45) is 0 Å². The number of benzene rings is 1. The minimum atomic E-state index is 0.227. The Morgan fingerprint density at radius 2 is 1.97 bits per heavy atom. The van der Waals surface area contributed by atoms with Crippen molar-refractivity contribution in [1.82, 2.24) is 24.6 Å². The number of rotatable bonds is 6. The molecule has 2 bridgehead atoms. The Morgan fingerprint density at radius 1 is 1.15 bits per heavy atom. The van der Waals surface area contributed by atoms with Crippen molar-refractivity contribution in [1.29, 1.82) is 0 Å². The standard InChI is InChI=1S/C25H32N6O3/c1-16-9-18-13-26-31(22(18)11-21(16)17-3-5-29(6-4-17)7-8-32)24-12-23(27-25(28-24)33-2)30-14-20-10-19(30)15-34-20/h9,11-13,17,19-20,32H,3-8,10,14-15H2,1-2H3/t19-,20-/m0/s1. The van der Waals surface area contributed by atoms with Gasteiger partial charge in [-0.15, -0.1) is 0 Å². The minimum Gasteiger partial charge on any atom is -0.467 e. The summed E-state index contributed by atoms with van der Waals surface area (Å²) in [7, 11) is 1.61. The van der Waals surface area contributed by atoms with Crippen LogP contribution < -0.4 is 9.64 Å². The molecule has 1 aromatic carbocycles. The van der Waals surface area contributed by atoms with Gasteiger partial charge in [0, 0.05) is 24.5 Å². The van der Waals surface area contributed by atoms with Gasteiger partial charge in [-0.3, -0.25) is 0 Å². The Labute approximate surface area is 199 Å². The third-order valence-corrected chi connectivity index (χ3v) is 7.67. The normalized spacial score (nSPS) is 23.3. The van der Waals surface area contributed by atoms with E-state index in [9.17, 15) is 5.11 Å². The van der Waals surface area contributed by atoms with E-state index in [0.717, 1.165) is 68.8 Å². The molecule has 180 valence electrons. The molecule has 34 heavy (non-hydrogen) atoms. The largest absolute Gasteiger partial charge is 0.467 e. The Balaban J connectivity index is 1.35. The van der Waals surface area contributed by atoms with E-state index in [2.05, 4.69) is 38.8 Å². The molecule has 1 N–H and O–H groups in total. The van der Waals surface area contributed by atoms with E-state index in [0.29, 0.717) is 23.8 Å². The number of anilines is 1. The van der Waals surface area contributed by atoms with Gasteiger partial charge in [0.05, 0.1) is 44.2 Å². The van der Waals surface area contributed by atoms with Gasteiger partial charge in [-0.05, 0) is 68.5 Å². The summed E-state index contributed by atoms with van der Waals surface area (Å²) in [5.41, 5.74) is 3.74.